The Morgan fingerprint density at radius 3 is 2.37 bits per heavy atom. The molecule has 1 aromatic rings. The smallest absolute Gasteiger partial charge is 0.238 e. The number of aliphatic hydroxyl groups is 1. The Balaban J connectivity index is 2.55. The molecule has 1 unspecified atom stereocenters. The predicted octanol–water partition coefficient (Wildman–Crippen LogP) is 1.86. The van der Waals surface area contributed by atoms with Crippen molar-refractivity contribution < 1.29 is 14.3 Å². The zero-order valence-electron chi connectivity index (χ0n) is 11.6. The van der Waals surface area contributed by atoms with Gasteiger partial charge in [0.15, 0.2) is 0 Å². The normalized spacial score (nSPS) is 12.8. The van der Waals surface area contributed by atoms with Crippen LogP contribution in [0.2, 0.25) is 0 Å². The summed E-state index contributed by atoms with van der Waals surface area (Å²) in [6.07, 6.45) is -0.485. The maximum absolute atomic E-state index is 12.7. The van der Waals surface area contributed by atoms with Crippen LogP contribution in [0.4, 0.5) is 10.1 Å². The van der Waals surface area contributed by atoms with Crippen LogP contribution in [-0.2, 0) is 4.79 Å². The van der Waals surface area contributed by atoms with Crippen LogP contribution < -0.4 is 5.32 Å². The minimum atomic E-state index is -0.485. The van der Waals surface area contributed by atoms with Gasteiger partial charge < -0.3 is 10.4 Å². The number of carbonyl (C=O) groups is 1. The van der Waals surface area contributed by atoms with Crippen molar-refractivity contribution in [3.63, 3.8) is 0 Å². The zero-order chi connectivity index (χ0) is 14.4. The fourth-order valence-electron chi connectivity index (χ4n) is 1.72. The Hall–Kier alpha value is -1.46. The van der Waals surface area contributed by atoms with Crippen LogP contribution in [0.1, 0.15) is 20.8 Å². The largest absolute Gasteiger partial charge is 0.392 e. The number of rotatable bonds is 6. The molecule has 0 aliphatic heterocycles. The number of nitrogens with zero attached hydrogens (tertiary/aromatic N) is 1. The summed E-state index contributed by atoms with van der Waals surface area (Å²) in [7, 11) is 0. The van der Waals surface area contributed by atoms with Gasteiger partial charge in [0, 0.05) is 18.3 Å². The van der Waals surface area contributed by atoms with Gasteiger partial charge in [-0.3, -0.25) is 9.69 Å². The molecular formula is C14H21FN2O2. The summed E-state index contributed by atoms with van der Waals surface area (Å²) >= 11 is 0. The number of benzene rings is 1. The summed E-state index contributed by atoms with van der Waals surface area (Å²) in [5.41, 5.74) is 0.562. The van der Waals surface area contributed by atoms with Gasteiger partial charge in [-0.05, 0) is 45.0 Å². The molecule has 19 heavy (non-hydrogen) atoms. The first-order valence-electron chi connectivity index (χ1n) is 6.36. The Bertz CT molecular complexity index is 404. The summed E-state index contributed by atoms with van der Waals surface area (Å²) in [5, 5.41) is 12.1. The molecule has 106 valence electrons. The van der Waals surface area contributed by atoms with Crippen LogP contribution in [0.25, 0.3) is 0 Å². The quantitative estimate of drug-likeness (QED) is 0.828. The van der Waals surface area contributed by atoms with Gasteiger partial charge >= 0.3 is 0 Å². The number of aliphatic hydroxyl groups excluding tert-OH is 1. The van der Waals surface area contributed by atoms with Crippen LogP contribution in [0.5, 0.6) is 0 Å². The topological polar surface area (TPSA) is 52.6 Å². The Kier molecular flexibility index (Phi) is 5.92. The van der Waals surface area contributed by atoms with Gasteiger partial charge in [-0.1, -0.05) is 0 Å². The second-order valence-corrected chi connectivity index (χ2v) is 4.93. The average molecular weight is 268 g/mol. The van der Waals surface area contributed by atoms with Gasteiger partial charge in [0.2, 0.25) is 5.91 Å². The van der Waals surface area contributed by atoms with Crippen molar-refractivity contribution in [2.75, 3.05) is 18.4 Å². The standard InChI is InChI=1S/C14H21FN2O2/c1-10(2)17(8-11(3)18)9-14(19)16-13-6-4-12(15)5-7-13/h4-7,10-11,18H,8-9H2,1-3H3,(H,16,19). The van der Waals surface area contributed by atoms with Crippen molar-refractivity contribution >= 4 is 11.6 Å². The van der Waals surface area contributed by atoms with Gasteiger partial charge in [0.1, 0.15) is 5.82 Å². The van der Waals surface area contributed by atoms with E-state index in [0.29, 0.717) is 12.2 Å². The molecule has 1 atom stereocenters. The highest BCUT2D eigenvalue weighted by molar-refractivity contribution is 5.92. The highest BCUT2D eigenvalue weighted by Gasteiger charge is 2.15. The highest BCUT2D eigenvalue weighted by Crippen LogP contribution is 2.08. The number of hydrogen-bond acceptors (Lipinski definition) is 3. The van der Waals surface area contributed by atoms with E-state index in [2.05, 4.69) is 5.32 Å². The van der Waals surface area contributed by atoms with Crippen LogP contribution in [0, 0.1) is 5.82 Å². The molecule has 1 aromatic carbocycles. The van der Waals surface area contributed by atoms with Gasteiger partial charge in [0.25, 0.3) is 0 Å². The summed E-state index contributed by atoms with van der Waals surface area (Å²) < 4.78 is 12.7. The molecule has 0 aliphatic carbocycles. The zero-order valence-corrected chi connectivity index (χ0v) is 11.6. The van der Waals surface area contributed by atoms with Crippen molar-refractivity contribution in [1.29, 1.82) is 0 Å². The van der Waals surface area contributed by atoms with Crippen LogP contribution in [-0.4, -0.2) is 41.1 Å². The molecular weight excluding hydrogens is 247 g/mol. The maximum atomic E-state index is 12.7. The minimum Gasteiger partial charge on any atom is -0.392 e. The second-order valence-electron chi connectivity index (χ2n) is 4.93. The molecule has 0 radical (unpaired) electrons. The van der Waals surface area contributed by atoms with Crippen LogP contribution in [0.3, 0.4) is 0 Å². The molecule has 1 rings (SSSR count). The molecule has 4 nitrogen and oxygen atoms in total. The van der Waals surface area contributed by atoms with E-state index in [4.69, 9.17) is 0 Å². The fourth-order valence-corrected chi connectivity index (χ4v) is 1.72. The third kappa shape index (κ3) is 5.81. The second kappa shape index (κ2) is 7.21. The van der Waals surface area contributed by atoms with E-state index < -0.39 is 6.10 Å². The van der Waals surface area contributed by atoms with E-state index in [9.17, 15) is 14.3 Å². The first kappa shape index (κ1) is 15.6. The molecule has 1 amide bonds. The van der Waals surface area contributed by atoms with Crippen molar-refractivity contribution in [3.8, 4) is 0 Å². The average Bonchev–Trinajstić information content (AvgIpc) is 2.30. The number of anilines is 1. The van der Waals surface area contributed by atoms with Gasteiger partial charge in [-0.2, -0.15) is 0 Å². The molecule has 0 saturated carbocycles. The predicted molar refractivity (Wildman–Crippen MR) is 73.4 cm³/mol. The van der Waals surface area contributed by atoms with Crippen LogP contribution >= 0.6 is 0 Å². The van der Waals surface area contributed by atoms with Gasteiger partial charge in [-0.15, -0.1) is 0 Å². The van der Waals surface area contributed by atoms with E-state index in [1.54, 1.807) is 6.92 Å². The summed E-state index contributed by atoms with van der Waals surface area (Å²) in [6.45, 7) is 6.25. The van der Waals surface area contributed by atoms with E-state index in [1.165, 1.54) is 24.3 Å². The van der Waals surface area contributed by atoms with E-state index >= 15 is 0 Å². The van der Waals surface area contributed by atoms with Gasteiger partial charge in [-0.25, -0.2) is 4.39 Å². The third-order valence-electron chi connectivity index (χ3n) is 2.70. The molecule has 0 fully saturated rings. The number of carbonyl (C=O) groups excluding carboxylic acids is 1. The van der Waals surface area contributed by atoms with Crippen molar-refractivity contribution in [2.24, 2.45) is 0 Å². The maximum Gasteiger partial charge on any atom is 0.238 e. The number of nitrogens with one attached hydrogen (secondary N) is 1. The summed E-state index contributed by atoms with van der Waals surface area (Å²) in [4.78, 5) is 13.7. The molecule has 0 heterocycles. The highest BCUT2D eigenvalue weighted by atomic mass is 19.1. The number of halogens is 1. The van der Waals surface area contributed by atoms with E-state index in [1.807, 2.05) is 18.7 Å². The van der Waals surface area contributed by atoms with Crippen molar-refractivity contribution in [3.05, 3.63) is 30.1 Å². The first-order chi connectivity index (χ1) is 8.88. The van der Waals surface area contributed by atoms with Crippen molar-refractivity contribution in [2.45, 2.75) is 32.9 Å². The number of hydrogen-bond donors (Lipinski definition) is 2. The molecule has 0 spiro atoms. The van der Waals surface area contributed by atoms with E-state index in [-0.39, 0.29) is 24.3 Å². The lowest BCUT2D eigenvalue weighted by Crippen LogP contribution is -2.41. The monoisotopic (exact) mass is 268 g/mol. The van der Waals surface area contributed by atoms with Gasteiger partial charge in [0.05, 0.1) is 12.6 Å². The molecule has 2 N–H and O–H groups in total. The lowest BCUT2D eigenvalue weighted by molar-refractivity contribution is -0.118. The lowest BCUT2D eigenvalue weighted by atomic mass is 10.2. The molecule has 5 heteroatoms. The SMILES string of the molecule is CC(O)CN(CC(=O)Nc1ccc(F)cc1)C(C)C. The molecule has 0 bridgehead atoms. The summed E-state index contributed by atoms with van der Waals surface area (Å²) in [6, 6.07) is 5.79. The molecule has 0 saturated heterocycles. The Morgan fingerprint density at radius 1 is 1.32 bits per heavy atom. The summed E-state index contributed by atoms with van der Waals surface area (Å²) in [5.74, 6) is -0.517. The Labute approximate surface area is 113 Å². The van der Waals surface area contributed by atoms with Crippen molar-refractivity contribution in [1.82, 2.24) is 4.90 Å². The first-order valence-corrected chi connectivity index (χ1v) is 6.36. The fraction of sp³-hybridized carbons (Fsp3) is 0.500. The van der Waals surface area contributed by atoms with Crippen LogP contribution in [0.15, 0.2) is 24.3 Å². The minimum absolute atomic E-state index is 0.161. The lowest BCUT2D eigenvalue weighted by Gasteiger charge is -2.26. The molecule has 0 aliphatic rings. The molecule has 0 aromatic heterocycles. The third-order valence-corrected chi connectivity index (χ3v) is 2.70. The number of amides is 1. The Morgan fingerprint density at radius 2 is 1.89 bits per heavy atom. The van der Waals surface area contributed by atoms with E-state index in [0.717, 1.165) is 0 Å².